The van der Waals surface area contributed by atoms with Crippen LogP contribution in [0.3, 0.4) is 0 Å². The number of nitrogens with zero attached hydrogens (tertiary/aromatic N) is 2. The highest BCUT2D eigenvalue weighted by atomic mass is 16.2. The number of hydrogen-bond acceptors (Lipinski definition) is 3. The van der Waals surface area contributed by atoms with Gasteiger partial charge in [-0.3, -0.25) is 14.7 Å². The molecule has 0 saturated carbocycles. The number of aliphatic imine (C=N–C) groups is 1. The third-order valence-electron chi connectivity index (χ3n) is 9.23. The molecular weight excluding hydrogens is 538 g/mol. The van der Waals surface area contributed by atoms with E-state index in [0.717, 1.165) is 25.1 Å². The van der Waals surface area contributed by atoms with Crippen molar-refractivity contribution in [3.63, 3.8) is 0 Å². The van der Waals surface area contributed by atoms with Gasteiger partial charge >= 0.3 is 0 Å². The molecule has 2 N–H and O–H groups in total. The molecule has 0 aromatic heterocycles. The van der Waals surface area contributed by atoms with Crippen molar-refractivity contribution in [3.05, 3.63) is 24.3 Å². The van der Waals surface area contributed by atoms with Crippen molar-refractivity contribution in [2.75, 3.05) is 13.1 Å². The van der Waals surface area contributed by atoms with Crippen molar-refractivity contribution < 1.29 is 4.79 Å². The van der Waals surface area contributed by atoms with Gasteiger partial charge in [-0.05, 0) is 50.8 Å². The number of carbonyl (C=O) groups is 1. The van der Waals surface area contributed by atoms with Gasteiger partial charge in [0.05, 0.1) is 12.6 Å². The second-order valence-corrected chi connectivity index (χ2v) is 13.5. The van der Waals surface area contributed by atoms with E-state index in [4.69, 9.17) is 10.7 Å². The summed E-state index contributed by atoms with van der Waals surface area (Å²) in [5, 5.41) is 0. The fraction of sp³-hybridized carbons (Fsp3) is 0.850. The van der Waals surface area contributed by atoms with Gasteiger partial charge in [-0.2, -0.15) is 0 Å². The Kier molecular flexibility index (Phi) is 29.1. The predicted octanol–water partition coefficient (Wildman–Crippen LogP) is 12.0. The Morgan fingerprint density at radius 2 is 1.02 bits per heavy atom. The lowest BCUT2D eigenvalue weighted by molar-refractivity contribution is -0.122. The van der Waals surface area contributed by atoms with E-state index in [1.54, 1.807) is 6.08 Å². The molecule has 4 nitrogen and oxygen atoms in total. The van der Waals surface area contributed by atoms with Crippen molar-refractivity contribution in [1.82, 2.24) is 4.90 Å². The van der Waals surface area contributed by atoms with Crippen LogP contribution < -0.4 is 5.73 Å². The van der Waals surface area contributed by atoms with Gasteiger partial charge in [0.1, 0.15) is 5.84 Å². The maximum Gasteiger partial charge on any atom is 0.251 e. The quantitative estimate of drug-likeness (QED) is 0.0606. The van der Waals surface area contributed by atoms with Crippen molar-refractivity contribution in [2.24, 2.45) is 10.7 Å². The topological polar surface area (TPSA) is 58.7 Å². The minimum atomic E-state index is 0.0728. The minimum absolute atomic E-state index is 0.0728. The summed E-state index contributed by atoms with van der Waals surface area (Å²) in [7, 11) is 0. The molecule has 1 aliphatic heterocycles. The van der Waals surface area contributed by atoms with Crippen LogP contribution in [0.4, 0.5) is 0 Å². The first-order valence-corrected chi connectivity index (χ1v) is 19.6. The molecule has 0 saturated heterocycles. The Morgan fingerprint density at radius 3 is 1.43 bits per heavy atom. The number of hydrogen-bond donors (Lipinski definition) is 1. The van der Waals surface area contributed by atoms with Gasteiger partial charge in [-0.15, -0.1) is 0 Å². The highest BCUT2D eigenvalue weighted by molar-refractivity contribution is 6.08. The van der Waals surface area contributed by atoms with Crippen LogP contribution in [0.2, 0.25) is 0 Å². The van der Waals surface area contributed by atoms with Crippen molar-refractivity contribution in [3.8, 4) is 0 Å². The zero-order valence-electron chi connectivity index (χ0n) is 29.7. The van der Waals surface area contributed by atoms with Gasteiger partial charge in [0.2, 0.25) is 0 Å². The predicted molar refractivity (Wildman–Crippen MR) is 196 cm³/mol. The smallest absolute Gasteiger partial charge is 0.251 e. The highest BCUT2D eigenvalue weighted by Crippen LogP contribution is 2.17. The van der Waals surface area contributed by atoms with Crippen LogP contribution >= 0.6 is 0 Å². The molecular formula is C40H75N3O. The van der Waals surface area contributed by atoms with E-state index in [1.165, 1.54) is 167 Å². The Morgan fingerprint density at radius 1 is 0.636 bits per heavy atom. The van der Waals surface area contributed by atoms with Crippen molar-refractivity contribution in [2.45, 2.75) is 206 Å². The van der Waals surface area contributed by atoms with Crippen LogP contribution in [0.15, 0.2) is 29.3 Å². The summed E-state index contributed by atoms with van der Waals surface area (Å²) < 4.78 is 0. The zero-order valence-corrected chi connectivity index (χ0v) is 29.7. The molecule has 0 fully saturated rings. The maximum atomic E-state index is 13.0. The van der Waals surface area contributed by atoms with Gasteiger partial charge in [0, 0.05) is 0 Å². The third kappa shape index (κ3) is 23.9. The Labute approximate surface area is 275 Å². The molecule has 0 aromatic rings. The third-order valence-corrected chi connectivity index (χ3v) is 9.23. The number of carbonyl (C=O) groups excluding carboxylic acids is 1. The number of nitrogens with two attached hydrogens (primary N) is 1. The van der Waals surface area contributed by atoms with Crippen LogP contribution in [0.25, 0.3) is 0 Å². The molecule has 0 aromatic carbocycles. The summed E-state index contributed by atoms with van der Waals surface area (Å²) in [5.74, 6) is 0.900. The number of amidine groups is 1. The fourth-order valence-corrected chi connectivity index (χ4v) is 6.31. The highest BCUT2D eigenvalue weighted by Gasteiger charge is 2.26. The molecule has 1 rings (SSSR count). The Bertz CT molecular complexity index is 728. The van der Waals surface area contributed by atoms with Gasteiger partial charge in [-0.1, -0.05) is 180 Å². The standard InChI is InChI=1S/C40H75N3O/c1-3-5-7-9-11-13-15-17-19-21-23-25-27-29-31-33-39-42-38(35-36-41)37-43(39)40(44)34-32-30-28-26-24-22-20-18-16-14-12-10-8-6-4-2/h31-34,38H,3-30,35-37,41H2,1-2H3. The molecule has 1 heterocycles. The van der Waals surface area contributed by atoms with E-state index >= 15 is 0 Å². The number of allylic oxidation sites excluding steroid dienone is 2. The first-order chi connectivity index (χ1) is 21.7. The number of rotatable bonds is 32. The molecule has 0 aliphatic carbocycles. The molecule has 256 valence electrons. The van der Waals surface area contributed by atoms with Crippen LogP contribution in [0.5, 0.6) is 0 Å². The van der Waals surface area contributed by atoms with Crippen molar-refractivity contribution in [1.29, 1.82) is 0 Å². The molecule has 0 bridgehead atoms. The van der Waals surface area contributed by atoms with Gasteiger partial charge in [0.25, 0.3) is 5.91 Å². The van der Waals surface area contributed by atoms with Crippen molar-refractivity contribution >= 4 is 11.7 Å². The lowest BCUT2D eigenvalue weighted by Crippen LogP contribution is -2.33. The fourth-order valence-electron chi connectivity index (χ4n) is 6.31. The van der Waals surface area contributed by atoms with Crippen LogP contribution in [-0.4, -0.2) is 35.8 Å². The molecule has 0 spiro atoms. The van der Waals surface area contributed by atoms with Gasteiger partial charge in [0.15, 0.2) is 0 Å². The molecule has 0 radical (unpaired) electrons. The van der Waals surface area contributed by atoms with Gasteiger partial charge < -0.3 is 5.73 Å². The van der Waals surface area contributed by atoms with Gasteiger partial charge in [-0.25, -0.2) is 0 Å². The second-order valence-electron chi connectivity index (χ2n) is 13.5. The monoisotopic (exact) mass is 614 g/mol. The van der Waals surface area contributed by atoms with E-state index in [-0.39, 0.29) is 11.9 Å². The average Bonchev–Trinajstić information content (AvgIpc) is 3.43. The molecule has 4 heteroatoms. The normalized spacial score (nSPS) is 15.3. The van der Waals surface area contributed by atoms with E-state index in [1.807, 2.05) is 4.90 Å². The molecule has 1 unspecified atom stereocenters. The SMILES string of the molecule is CCCCCCCCCCCCCCCC=CC(=O)N1CC(CCN)N=C1C=CCCCCCCCCCCCCCCC. The van der Waals surface area contributed by atoms with Crippen LogP contribution in [0, 0.1) is 0 Å². The lowest BCUT2D eigenvalue weighted by Gasteiger charge is -2.15. The first-order valence-electron chi connectivity index (χ1n) is 19.6. The number of amides is 1. The Hall–Kier alpha value is -1.42. The van der Waals surface area contributed by atoms with E-state index in [9.17, 15) is 4.79 Å². The first kappa shape index (κ1) is 40.6. The summed E-state index contributed by atoms with van der Waals surface area (Å²) in [6.07, 6.45) is 46.8. The van der Waals surface area contributed by atoms with Crippen LogP contribution in [0.1, 0.15) is 200 Å². The molecule has 1 amide bonds. The summed E-state index contributed by atoms with van der Waals surface area (Å²) in [6, 6.07) is 0.134. The second kappa shape index (κ2) is 31.6. The average molecular weight is 614 g/mol. The summed E-state index contributed by atoms with van der Waals surface area (Å²) in [5.41, 5.74) is 5.81. The van der Waals surface area contributed by atoms with Crippen LogP contribution in [-0.2, 0) is 4.79 Å². The molecule has 1 aliphatic rings. The maximum absolute atomic E-state index is 13.0. The largest absolute Gasteiger partial charge is 0.330 e. The summed E-state index contributed by atoms with van der Waals surface area (Å²) >= 11 is 0. The number of unbranched alkanes of at least 4 members (excludes halogenated alkanes) is 26. The van der Waals surface area contributed by atoms with E-state index in [2.05, 4.69) is 32.1 Å². The summed E-state index contributed by atoms with van der Waals surface area (Å²) in [4.78, 5) is 19.7. The zero-order chi connectivity index (χ0) is 31.8. The van der Waals surface area contributed by atoms with E-state index in [0.29, 0.717) is 13.1 Å². The van der Waals surface area contributed by atoms with E-state index < -0.39 is 0 Å². The molecule has 44 heavy (non-hydrogen) atoms. The minimum Gasteiger partial charge on any atom is -0.330 e. The molecule has 1 atom stereocenters. The Balaban J connectivity index is 2.12. The summed E-state index contributed by atoms with van der Waals surface area (Å²) in [6.45, 7) is 5.85. The lowest BCUT2D eigenvalue weighted by atomic mass is 10.0.